The zero-order chi connectivity index (χ0) is 12.0. The van der Waals surface area contributed by atoms with Crippen molar-refractivity contribution in [3.05, 3.63) is 29.8 Å². The van der Waals surface area contributed by atoms with Crippen molar-refractivity contribution in [1.29, 1.82) is 0 Å². The van der Waals surface area contributed by atoms with Gasteiger partial charge < -0.3 is 10.2 Å². The first-order chi connectivity index (χ1) is 7.72. The normalized spacial score (nSPS) is 9.94. The Bertz CT molecular complexity index is 328. The van der Waals surface area contributed by atoms with Crippen molar-refractivity contribution < 1.29 is 4.79 Å². The fourth-order valence-electron chi connectivity index (χ4n) is 1.63. The number of carbonyl (C=O) groups is 1. The largest absolute Gasteiger partial charge is 0.385 e. The van der Waals surface area contributed by atoms with Crippen molar-refractivity contribution in [2.45, 2.75) is 20.8 Å². The molecule has 0 aliphatic heterocycles. The van der Waals surface area contributed by atoms with Crippen molar-refractivity contribution >= 4 is 11.6 Å². The zero-order valence-electron chi connectivity index (χ0n) is 10.3. The molecule has 0 saturated carbocycles. The minimum Gasteiger partial charge on any atom is -0.385 e. The SMILES string of the molecule is CCNc1ccc(C(=O)N(CC)CC)cc1. The summed E-state index contributed by atoms with van der Waals surface area (Å²) >= 11 is 0. The lowest BCUT2D eigenvalue weighted by molar-refractivity contribution is 0.0773. The highest BCUT2D eigenvalue weighted by Crippen LogP contribution is 2.11. The Kier molecular flexibility index (Phi) is 4.83. The maximum absolute atomic E-state index is 12.0. The maximum atomic E-state index is 12.0. The van der Waals surface area contributed by atoms with Crippen LogP contribution in [-0.2, 0) is 0 Å². The van der Waals surface area contributed by atoms with E-state index in [1.54, 1.807) is 0 Å². The third kappa shape index (κ3) is 2.99. The zero-order valence-corrected chi connectivity index (χ0v) is 10.3. The Hall–Kier alpha value is -1.51. The summed E-state index contributed by atoms with van der Waals surface area (Å²) in [6.45, 7) is 8.44. The van der Waals surface area contributed by atoms with Crippen LogP contribution in [0.4, 0.5) is 5.69 Å². The van der Waals surface area contributed by atoms with Gasteiger partial charge in [0.2, 0.25) is 0 Å². The van der Waals surface area contributed by atoms with Gasteiger partial charge in [-0.2, -0.15) is 0 Å². The van der Waals surface area contributed by atoms with Gasteiger partial charge in [-0.1, -0.05) is 0 Å². The third-order valence-electron chi connectivity index (χ3n) is 2.56. The Balaban J connectivity index is 2.76. The molecule has 88 valence electrons. The number of nitrogens with zero attached hydrogens (tertiary/aromatic N) is 1. The molecule has 1 rings (SSSR count). The van der Waals surface area contributed by atoms with Crippen LogP contribution in [0.2, 0.25) is 0 Å². The van der Waals surface area contributed by atoms with Gasteiger partial charge in [0.25, 0.3) is 5.91 Å². The van der Waals surface area contributed by atoms with Crippen molar-refractivity contribution in [3.8, 4) is 0 Å². The van der Waals surface area contributed by atoms with Gasteiger partial charge in [0.15, 0.2) is 0 Å². The number of carbonyl (C=O) groups excluding carboxylic acids is 1. The summed E-state index contributed by atoms with van der Waals surface area (Å²) in [6.07, 6.45) is 0. The fraction of sp³-hybridized carbons (Fsp3) is 0.462. The number of hydrogen-bond acceptors (Lipinski definition) is 2. The Morgan fingerprint density at radius 1 is 1.12 bits per heavy atom. The molecule has 3 heteroatoms. The molecule has 0 atom stereocenters. The van der Waals surface area contributed by atoms with Crippen LogP contribution in [0.3, 0.4) is 0 Å². The highest BCUT2D eigenvalue weighted by Gasteiger charge is 2.11. The molecule has 0 spiro atoms. The van der Waals surface area contributed by atoms with Crippen LogP contribution < -0.4 is 5.32 Å². The second-order valence-corrected chi connectivity index (χ2v) is 3.59. The molecule has 0 heterocycles. The van der Waals surface area contributed by atoms with E-state index >= 15 is 0 Å². The topological polar surface area (TPSA) is 32.3 Å². The molecule has 0 aliphatic carbocycles. The number of anilines is 1. The molecule has 1 aromatic rings. The van der Waals surface area contributed by atoms with Crippen LogP contribution in [0, 0.1) is 0 Å². The molecule has 0 unspecified atom stereocenters. The fourth-order valence-corrected chi connectivity index (χ4v) is 1.63. The first-order valence-corrected chi connectivity index (χ1v) is 5.86. The Labute approximate surface area is 97.5 Å². The highest BCUT2D eigenvalue weighted by atomic mass is 16.2. The molecule has 1 N–H and O–H groups in total. The predicted molar refractivity (Wildman–Crippen MR) is 67.9 cm³/mol. The molecule has 0 saturated heterocycles. The first-order valence-electron chi connectivity index (χ1n) is 5.86. The molecular weight excluding hydrogens is 200 g/mol. The van der Waals surface area contributed by atoms with E-state index < -0.39 is 0 Å². The standard InChI is InChI=1S/C13H20N2O/c1-4-14-12-9-7-11(8-10-12)13(16)15(5-2)6-3/h7-10,14H,4-6H2,1-3H3. The van der Waals surface area contributed by atoms with Gasteiger partial charge in [-0.15, -0.1) is 0 Å². The number of rotatable bonds is 5. The smallest absolute Gasteiger partial charge is 0.253 e. The van der Waals surface area contributed by atoms with Crippen molar-refractivity contribution in [2.24, 2.45) is 0 Å². The summed E-state index contributed by atoms with van der Waals surface area (Å²) in [5.74, 6) is 0.105. The van der Waals surface area contributed by atoms with E-state index in [2.05, 4.69) is 12.2 Å². The summed E-state index contributed by atoms with van der Waals surface area (Å²) in [6, 6.07) is 7.64. The number of benzene rings is 1. The number of amides is 1. The lowest BCUT2D eigenvalue weighted by Gasteiger charge is -2.18. The number of hydrogen-bond donors (Lipinski definition) is 1. The summed E-state index contributed by atoms with van der Waals surface area (Å²) in [5, 5.41) is 3.21. The third-order valence-corrected chi connectivity index (χ3v) is 2.56. The molecule has 0 aromatic heterocycles. The highest BCUT2D eigenvalue weighted by molar-refractivity contribution is 5.94. The summed E-state index contributed by atoms with van der Waals surface area (Å²) in [7, 11) is 0. The van der Waals surface area contributed by atoms with Gasteiger partial charge in [-0.3, -0.25) is 4.79 Å². The van der Waals surface area contributed by atoms with Crippen LogP contribution in [-0.4, -0.2) is 30.4 Å². The van der Waals surface area contributed by atoms with E-state index in [9.17, 15) is 4.79 Å². The molecule has 1 aromatic carbocycles. The molecular formula is C13H20N2O. The maximum Gasteiger partial charge on any atom is 0.253 e. The average molecular weight is 220 g/mol. The van der Waals surface area contributed by atoms with Gasteiger partial charge in [-0.05, 0) is 45.0 Å². The molecule has 3 nitrogen and oxygen atoms in total. The van der Waals surface area contributed by atoms with E-state index in [4.69, 9.17) is 0 Å². The lowest BCUT2D eigenvalue weighted by atomic mass is 10.2. The molecule has 16 heavy (non-hydrogen) atoms. The van der Waals surface area contributed by atoms with E-state index in [0.717, 1.165) is 30.9 Å². The van der Waals surface area contributed by atoms with E-state index in [1.165, 1.54) is 0 Å². The van der Waals surface area contributed by atoms with E-state index in [-0.39, 0.29) is 5.91 Å². The molecule has 0 bridgehead atoms. The molecule has 0 aliphatic rings. The van der Waals surface area contributed by atoms with E-state index in [0.29, 0.717) is 0 Å². The summed E-state index contributed by atoms with van der Waals surface area (Å²) in [5.41, 5.74) is 1.81. The quantitative estimate of drug-likeness (QED) is 0.827. The summed E-state index contributed by atoms with van der Waals surface area (Å²) in [4.78, 5) is 13.8. The van der Waals surface area contributed by atoms with Crippen LogP contribution in [0.5, 0.6) is 0 Å². The number of nitrogens with one attached hydrogen (secondary N) is 1. The van der Waals surface area contributed by atoms with Crippen molar-refractivity contribution in [2.75, 3.05) is 25.0 Å². The van der Waals surface area contributed by atoms with Crippen LogP contribution in [0.25, 0.3) is 0 Å². The van der Waals surface area contributed by atoms with Crippen molar-refractivity contribution in [3.63, 3.8) is 0 Å². The Morgan fingerprint density at radius 2 is 1.69 bits per heavy atom. The lowest BCUT2D eigenvalue weighted by Crippen LogP contribution is -2.30. The van der Waals surface area contributed by atoms with Gasteiger partial charge >= 0.3 is 0 Å². The second-order valence-electron chi connectivity index (χ2n) is 3.59. The Morgan fingerprint density at radius 3 is 2.12 bits per heavy atom. The van der Waals surface area contributed by atoms with Crippen molar-refractivity contribution in [1.82, 2.24) is 4.90 Å². The monoisotopic (exact) mass is 220 g/mol. The van der Waals surface area contributed by atoms with Gasteiger partial charge in [0, 0.05) is 30.9 Å². The summed E-state index contributed by atoms with van der Waals surface area (Å²) < 4.78 is 0. The first kappa shape index (κ1) is 12.6. The van der Waals surface area contributed by atoms with Gasteiger partial charge in [0.05, 0.1) is 0 Å². The van der Waals surface area contributed by atoms with Crippen LogP contribution in [0.15, 0.2) is 24.3 Å². The van der Waals surface area contributed by atoms with Crippen LogP contribution in [0.1, 0.15) is 31.1 Å². The van der Waals surface area contributed by atoms with Gasteiger partial charge in [-0.25, -0.2) is 0 Å². The average Bonchev–Trinajstić information content (AvgIpc) is 2.32. The van der Waals surface area contributed by atoms with Crippen LogP contribution >= 0.6 is 0 Å². The minimum atomic E-state index is 0.105. The minimum absolute atomic E-state index is 0.105. The van der Waals surface area contributed by atoms with E-state index in [1.807, 2.05) is 43.0 Å². The van der Waals surface area contributed by atoms with Gasteiger partial charge in [0.1, 0.15) is 0 Å². The molecule has 0 radical (unpaired) electrons. The predicted octanol–water partition coefficient (Wildman–Crippen LogP) is 2.60. The second kappa shape index (κ2) is 6.16. The molecule has 0 fully saturated rings. The molecule has 1 amide bonds.